The van der Waals surface area contributed by atoms with Crippen LogP contribution in [0.4, 0.5) is 11.5 Å². The van der Waals surface area contributed by atoms with Crippen LogP contribution in [0.2, 0.25) is 0 Å². The van der Waals surface area contributed by atoms with Crippen molar-refractivity contribution in [1.29, 1.82) is 0 Å². The maximum absolute atomic E-state index is 11.0. The maximum atomic E-state index is 11.0. The van der Waals surface area contributed by atoms with Gasteiger partial charge < -0.3 is 25.0 Å². The highest BCUT2D eigenvalue weighted by Gasteiger charge is 2.18. The van der Waals surface area contributed by atoms with Gasteiger partial charge in [-0.3, -0.25) is 0 Å². The van der Waals surface area contributed by atoms with Gasteiger partial charge in [-0.1, -0.05) is 0 Å². The fourth-order valence-corrected chi connectivity index (χ4v) is 1.46. The van der Waals surface area contributed by atoms with Crippen LogP contribution >= 0.6 is 0 Å². The number of nitrogens with one attached hydrogen (secondary N) is 1. The summed E-state index contributed by atoms with van der Waals surface area (Å²) in [4.78, 5) is 24.4. The number of aromatic nitrogens is 1. The van der Waals surface area contributed by atoms with Gasteiger partial charge in [0.05, 0.1) is 30.1 Å². The van der Waals surface area contributed by atoms with E-state index in [4.69, 9.17) is 9.52 Å². The molecule has 2 rings (SSSR count). The Labute approximate surface area is 106 Å². The van der Waals surface area contributed by atoms with E-state index in [9.17, 15) is 14.9 Å². The Bertz CT molecular complexity index is 609. The normalized spacial score (nSPS) is 10.1. The first kappa shape index (κ1) is 12.6. The van der Waals surface area contributed by atoms with Crippen LogP contribution in [0.1, 0.15) is 16.1 Å². The van der Waals surface area contributed by atoms with E-state index in [1.807, 2.05) is 0 Å². The SMILES string of the molecule is O=C(O)c1cc([N+](=O)[O-])ncc1NCc1ccco1. The first-order valence-corrected chi connectivity index (χ1v) is 5.22. The zero-order chi connectivity index (χ0) is 13.8. The average Bonchev–Trinajstić information content (AvgIpc) is 2.89. The molecule has 0 aliphatic rings. The zero-order valence-electron chi connectivity index (χ0n) is 9.57. The summed E-state index contributed by atoms with van der Waals surface area (Å²) in [5.41, 5.74) is -0.0252. The Balaban J connectivity index is 2.24. The van der Waals surface area contributed by atoms with Crippen molar-refractivity contribution in [3.63, 3.8) is 0 Å². The average molecular weight is 263 g/mol. The summed E-state index contributed by atoms with van der Waals surface area (Å²) in [7, 11) is 0. The maximum Gasteiger partial charge on any atom is 0.364 e. The van der Waals surface area contributed by atoms with Crippen molar-refractivity contribution in [3.8, 4) is 0 Å². The van der Waals surface area contributed by atoms with Crippen molar-refractivity contribution >= 4 is 17.5 Å². The molecule has 0 radical (unpaired) electrons. The molecule has 0 aliphatic carbocycles. The molecule has 2 aromatic rings. The lowest BCUT2D eigenvalue weighted by Crippen LogP contribution is -2.08. The highest BCUT2D eigenvalue weighted by Crippen LogP contribution is 2.20. The number of nitro groups is 1. The molecule has 19 heavy (non-hydrogen) atoms. The lowest BCUT2D eigenvalue weighted by molar-refractivity contribution is -0.389. The molecule has 0 amide bonds. The van der Waals surface area contributed by atoms with Gasteiger partial charge in [0.2, 0.25) is 0 Å². The number of carboxylic acid groups (broad SMARTS) is 1. The zero-order valence-corrected chi connectivity index (χ0v) is 9.57. The third-order valence-electron chi connectivity index (χ3n) is 2.34. The molecule has 0 atom stereocenters. The number of carbonyl (C=O) groups is 1. The molecule has 0 spiro atoms. The number of rotatable bonds is 5. The topological polar surface area (TPSA) is 118 Å². The second kappa shape index (κ2) is 5.17. The molecule has 0 aromatic carbocycles. The molecule has 0 bridgehead atoms. The second-order valence-electron chi connectivity index (χ2n) is 3.58. The van der Waals surface area contributed by atoms with Gasteiger partial charge in [0.15, 0.2) is 6.20 Å². The minimum absolute atomic E-state index is 0.189. The summed E-state index contributed by atoms with van der Waals surface area (Å²) >= 11 is 0. The van der Waals surface area contributed by atoms with Crippen LogP contribution in [0.15, 0.2) is 35.1 Å². The summed E-state index contributed by atoms with van der Waals surface area (Å²) in [6.07, 6.45) is 2.60. The van der Waals surface area contributed by atoms with Gasteiger partial charge in [-0.25, -0.2) is 4.79 Å². The number of carboxylic acids is 1. The number of pyridine rings is 1. The Hall–Kier alpha value is -2.90. The van der Waals surface area contributed by atoms with E-state index in [2.05, 4.69) is 10.3 Å². The van der Waals surface area contributed by atoms with Gasteiger partial charge in [0.25, 0.3) is 0 Å². The summed E-state index contributed by atoms with van der Waals surface area (Å²) in [6.45, 7) is 0.257. The fraction of sp³-hybridized carbons (Fsp3) is 0.0909. The van der Waals surface area contributed by atoms with E-state index < -0.39 is 16.7 Å². The second-order valence-corrected chi connectivity index (χ2v) is 3.58. The number of furan rings is 1. The monoisotopic (exact) mass is 263 g/mol. The Morgan fingerprint density at radius 3 is 2.95 bits per heavy atom. The van der Waals surface area contributed by atoms with Crippen LogP contribution in [-0.4, -0.2) is 21.0 Å². The first-order chi connectivity index (χ1) is 9.08. The minimum atomic E-state index is -1.27. The molecular weight excluding hydrogens is 254 g/mol. The Morgan fingerprint density at radius 1 is 1.58 bits per heavy atom. The number of aromatic carboxylic acids is 1. The third-order valence-corrected chi connectivity index (χ3v) is 2.34. The summed E-state index contributed by atoms with van der Waals surface area (Å²) in [5, 5.41) is 22.4. The largest absolute Gasteiger partial charge is 0.478 e. The van der Waals surface area contributed by atoms with Gasteiger partial charge in [-0.2, -0.15) is 0 Å². The van der Waals surface area contributed by atoms with Crippen molar-refractivity contribution in [2.24, 2.45) is 0 Å². The van der Waals surface area contributed by atoms with E-state index >= 15 is 0 Å². The van der Waals surface area contributed by atoms with Crippen LogP contribution in [-0.2, 0) is 6.54 Å². The molecule has 0 unspecified atom stereocenters. The van der Waals surface area contributed by atoms with E-state index in [0.717, 1.165) is 12.3 Å². The number of anilines is 1. The van der Waals surface area contributed by atoms with Crippen LogP contribution in [0, 0.1) is 10.1 Å². The molecule has 0 fully saturated rings. The molecule has 2 heterocycles. The number of hydrogen-bond donors (Lipinski definition) is 2. The standard InChI is InChI=1S/C11H9N3O5/c15-11(16)8-4-10(14(17)18)13-6-9(8)12-5-7-2-1-3-19-7/h1-4,6,12H,5H2,(H,15,16). The van der Waals surface area contributed by atoms with Crippen molar-refractivity contribution in [1.82, 2.24) is 4.98 Å². The van der Waals surface area contributed by atoms with E-state index in [1.165, 1.54) is 6.26 Å². The smallest absolute Gasteiger partial charge is 0.364 e. The van der Waals surface area contributed by atoms with Gasteiger partial charge in [0.1, 0.15) is 5.76 Å². The minimum Gasteiger partial charge on any atom is -0.478 e. The van der Waals surface area contributed by atoms with Crippen molar-refractivity contribution < 1.29 is 19.2 Å². The van der Waals surface area contributed by atoms with Crippen molar-refractivity contribution in [3.05, 3.63) is 52.1 Å². The highest BCUT2D eigenvalue weighted by molar-refractivity contribution is 5.94. The van der Waals surface area contributed by atoms with Crippen LogP contribution in [0.3, 0.4) is 0 Å². The van der Waals surface area contributed by atoms with Gasteiger partial charge in [-0.05, 0) is 22.0 Å². The molecule has 8 heteroatoms. The summed E-state index contributed by atoms with van der Waals surface area (Å²) in [6, 6.07) is 4.32. The molecule has 0 aliphatic heterocycles. The van der Waals surface area contributed by atoms with Gasteiger partial charge in [0, 0.05) is 0 Å². The molecule has 0 saturated heterocycles. The molecule has 2 N–H and O–H groups in total. The summed E-state index contributed by atoms with van der Waals surface area (Å²) in [5.74, 6) is -1.18. The predicted octanol–water partition coefficient (Wildman–Crippen LogP) is 1.89. The number of nitrogens with zero attached hydrogens (tertiary/aromatic N) is 2. The molecule has 0 saturated carbocycles. The molecule has 2 aromatic heterocycles. The molecule has 8 nitrogen and oxygen atoms in total. The van der Waals surface area contributed by atoms with Crippen LogP contribution < -0.4 is 5.32 Å². The van der Waals surface area contributed by atoms with Crippen LogP contribution in [0.5, 0.6) is 0 Å². The fourth-order valence-electron chi connectivity index (χ4n) is 1.46. The third kappa shape index (κ3) is 2.86. The van der Waals surface area contributed by atoms with E-state index in [0.29, 0.717) is 5.76 Å². The van der Waals surface area contributed by atoms with Crippen LogP contribution in [0.25, 0.3) is 0 Å². The highest BCUT2D eigenvalue weighted by atomic mass is 16.6. The Kier molecular flexibility index (Phi) is 3.42. The van der Waals surface area contributed by atoms with E-state index in [-0.39, 0.29) is 17.8 Å². The van der Waals surface area contributed by atoms with Gasteiger partial charge >= 0.3 is 11.8 Å². The molecule has 98 valence electrons. The van der Waals surface area contributed by atoms with E-state index in [1.54, 1.807) is 12.1 Å². The molecular formula is C11H9N3O5. The van der Waals surface area contributed by atoms with Crippen molar-refractivity contribution in [2.45, 2.75) is 6.54 Å². The van der Waals surface area contributed by atoms with Crippen molar-refractivity contribution in [2.75, 3.05) is 5.32 Å². The Morgan fingerprint density at radius 2 is 2.37 bits per heavy atom. The predicted molar refractivity (Wildman–Crippen MR) is 63.9 cm³/mol. The lowest BCUT2D eigenvalue weighted by Gasteiger charge is -2.06. The number of hydrogen-bond acceptors (Lipinski definition) is 6. The lowest BCUT2D eigenvalue weighted by atomic mass is 10.2. The summed E-state index contributed by atoms with van der Waals surface area (Å²) < 4.78 is 5.08. The quantitative estimate of drug-likeness (QED) is 0.624. The first-order valence-electron chi connectivity index (χ1n) is 5.22. The van der Waals surface area contributed by atoms with Gasteiger partial charge in [-0.15, -0.1) is 0 Å².